The number of anilines is 5. The van der Waals surface area contributed by atoms with Crippen LogP contribution in [-0.4, -0.2) is 63.9 Å². The van der Waals surface area contributed by atoms with Crippen LogP contribution < -0.4 is 30.3 Å². The lowest BCUT2D eigenvalue weighted by molar-refractivity contribution is 0.0923. The lowest BCUT2D eigenvalue weighted by atomic mass is 10.1. The van der Waals surface area contributed by atoms with E-state index in [1.54, 1.807) is 36.4 Å². The zero-order valence-corrected chi connectivity index (χ0v) is 35.1. The Hall–Kier alpha value is -5.97. The van der Waals surface area contributed by atoms with Gasteiger partial charge in [0.1, 0.15) is 11.1 Å². The van der Waals surface area contributed by atoms with Crippen molar-refractivity contribution in [3.05, 3.63) is 139 Å². The van der Waals surface area contributed by atoms with Crippen molar-refractivity contribution in [1.29, 1.82) is 0 Å². The number of aliphatic imine (C=N–C) groups is 2. The summed E-state index contributed by atoms with van der Waals surface area (Å²) in [5, 5.41) is 5.15. The van der Waals surface area contributed by atoms with Crippen LogP contribution in [-0.2, 0) is 13.1 Å². The Balaban J connectivity index is 0.000000140. The van der Waals surface area contributed by atoms with Gasteiger partial charge in [-0.05, 0) is 77.0 Å². The molecule has 4 aliphatic rings. The standard InChI is InChI=1S/C20H13Cl2N5O2.C13H9Cl2N3O2S.C8H8N2/c21-15-2-1-3-16(22)17(15)27-10-29-18-14(19(27)28)9-24-20(26-18)25-13-5-4-11-7-23-8-12(11)6-13;1-21-13-16-5-7-11(17-13)20-6-18(12(7)19)10-8(14)3-2-4-9(10)15;9-8-2-1-6-4-10-5-7(6)3-8/h1-6,8-9H,7,10H2,(H,24,25,26);2-5H,6H2,1H3;1-3,5H,4,9H2. The van der Waals surface area contributed by atoms with Gasteiger partial charge in [-0.15, -0.1) is 0 Å². The van der Waals surface area contributed by atoms with Gasteiger partial charge < -0.3 is 20.5 Å². The average Bonchev–Trinajstić information content (AvgIpc) is 3.92. The molecule has 14 nitrogen and oxygen atoms in total. The molecule has 4 aliphatic heterocycles. The van der Waals surface area contributed by atoms with Crippen molar-refractivity contribution in [2.45, 2.75) is 18.2 Å². The zero-order valence-electron chi connectivity index (χ0n) is 31.3. The first-order valence-electron chi connectivity index (χ1n) is 17.9. The molecule has 0 aliphatic carbocycles. The minimum absolute atomic E-state index is 0.000120. The number of para-hydroxylation sites is 2. The van der Waals surface area contributed by atoms with Crippen LogP contribution in [0.5, 0.6) is 11.8 Å². The molecule has 0 unspecified atom stereocenters. The number of nitrogens with zero attached hydrogens (tertiary/aromatic N) is 8. The molecular weight excluding hydrogens is 870 g/mol. The van der Waals surface area contributed by atoms with E-state index in [0.717, 1.165) is 23.5 Å². The van der Waals surface area contributed by atoms with E-state index in [1.165, 1.54) is 50.6 Å². The number of hydrogen-bond acceptors (Lipinski definition) is 13. The normalized spacial score (nSPS) is 14.1. The van der Waals surface area contributed by atoms with Gasteiger partial charge in [-0.2, -0.15) is 9.97 Å². The number of carbonyl (C=O) groups excluding carboxylic acids is 2. The quantitative estimate of drug-likeness (QED) is 0.0960. The minimum Gasteiger partial charge on any atom is -0.455 e. The molecule has 0 radical (unpaired) electrons. The van der Waals surface area contributed by atoms with Crippen molar-refractivity contribution < 1.29 is 19.1 Å². The van der Waals surface area contributed by atoms with Crippen LogP contribution in [0.1, 0.15) is 43.0 Å². The third-order valence-corrected chi connectivity index (χ3v) is 11.0. The maximum Gasteiger partial charge on any atom is 0.268 e. The van der Waals surface area contributed by atoms with Crippen molar-refractivity contribution in [2.24, 2.45) is 9.98 Å². The van der Waals surface area contributed by atoms with Gasteiger partial charge in [-0.25, -0.2) is 9.97 Å². The van der Waals surface area contributed by atoms with Crippen LogP contribution in [0.4, 0.5) is 28.7 Å². The van der Waals surface area contributed by atoms with Gasteiger partial charge in [0, 0.05) is 36.2 Å². The van der Waals surface area contributed by atoms with Gasteiger partial charge in [0.2, 0.25) is 17.7 Å². The maximum absolute atomic E-state index is 12.9. The molecule has 0 fully saturated rings. The van der Waals surface area contributed by atoms with Crippen molar-refractivity contribution in [1.82, 2.24) is 19.9 Å². The Morgan fingerprint density at radius 2 is 1.20 bits per heavy atom. The number of rotatable bonds is 5. The molecule has 2 aromatic heterocycles. The fraction of sp³-hybridized carbons (Fsp3) is 0.122. The van der Waals surface area contributed by atoms with Gasteiger partial charge in [-0.3, -0.25) is 29.4 Å². The Morgan fingerprint density at radius 1 is 0.683 bits per heavy atom. The van der Waals surface area contributed by atoms with E-state index < -0.39 is 0 Å². The summed E-state index contributed by atoms with van der Waals surface area (Å²) < 4.78 is 11.2. The van der Waals surface area contributed by atoms with Crippen LogP contribution in [0.25, 0.3) is 0 Å². The number of thioether (sulfide) groups is 1. The molecule has 3 N–H and O–H groups in total. The number of hydrogen-bond donors (Lipinski definition) is 2. The highest BCUT2D eigenvalue weighted by Crippen LogP contribution is 2.38. The third kappa shape index (κ3) is 8.53. The Kier molecular flexibility index (Phi) is 12.0. The Bertz CT molecular complexity index is 2700. The van der Waals surface area contributed by atoms with E-state index in [2.05, 4.69) is 35.2 Å². The van der Waals surface area contributed by atoms with E-state index in [0.29, 0.717) is 49.1 Å². The summed E-state index contributed by atoms with van der Waals surface area (Å²) in [6.07, 6.45) is 8.43. The monoisotopic (exact) mass is 898 g/mol. The molecule has 0 spiro atoms. The summed E-state index contributed by atoms with van der Waals surface area (Å²) >= 11 is 26.1. The van der Waals surface area contributed by atoms with Gasteiger partial charge in [0.25, 0.3) is 11.8 Å². The van der Waals surface area contributed by atoms with E-state index in [4.69, 9.17) is 61.6 Å². The first kappa shape index (κ1) is 40.8. The Morgan fingerprint density at radius 3 is 1.77 bits per heavy atom. The highest BCUT2D eigenvalue weighted by molar-refractivity contribution is 7.98. The number of nitrogen functional groups attached to an aromatic ring is 1. The molecule has 6 heterocycles. The summed E-state index contributed by atoms with van der Waals surface area (Å²) in [6, 6.07) is 21.9. The minimum atomic E-state index is -0.332. The molecule has 0 saturated heterocycles. The molecule has 10 rings (SSSR count). The molecule has 4 aromatic carbocycles. The van der Waals surface area contributed by atoms with Crippen molar-refractivity contribution in [2.75, 3.05) is 40.6 Å². The van der Waals surface area contributed by atoms with Crippen LogP contribution >= 0.6 is 58.2 Å². The number of carbonyl (C=O) groups is 2. The van der Waals surface area contributed by atoms with Gasteiger partial charge in [-0.1, -0.05) is 82.4 Å². The summed E-state index contributed by atoms with van der Waals surface area (Å²) in [7, 11) is 0. The second-order valence-corrected chi connectivity index (χ2v) is 15.5. The molecule has 19 heteroatoms. The molecule has 302 valence electrons. The summed E-state index contributed by atoms with van der Waals surface area (Å²) in [5.74, 6) is 0.185. The highest BCUT2D eigenvalue weighted by Gasteiger charge is 2.32. The summed E-state index contributed by atoms with van der Waals surface area (Å²) in [5.41, 5.74) is 13.2. The van der Waals surface area contributed by atoms with Crippen molar-refractivity contribution >= 4 is 111 Å². The highest BCUT2D eigenvalue weighted by atomic mass is 35.5. The van der Waals surface area contributed by atoms with Crippen molar-refractivity contribution in [3.63, 3.8) is 0 Å². The average molecular weight is 901 g/mol. The largest absolute Gasteiger partial charge is 0.455 e. The number of nitrogens with two attached hydrogens (primary N) is 1. The number of benzene rings is 4. The topological polar surface area (TPSA) is 173 Å². The zero-order chi connectivity index (χ0) is 41.9. The van der Waals surface area contributed by atoms with Crippen LogP contribution in [0.15, 0.2) is 100 Å². The Labute approximate surface area is 367 Å². The smallest absolute Gasteiger partial charge is 0.268 e. The number of amides is 2. The summed E-state index contributed by atoms with van der Waals surface area (Å²) in [4.78, 5) is 53.4. The van der Waals surface area contributed by atoms with Crippen molar-refractivity contribution in [3.8, 4) is 11.8 Å². The number of ether oxygens (including phenoxy) is 2. The van der Waals surface area contributed by atoms with E-state index in [-0.39, 0.29) is 48.2 Å². The molecule has 0 bridgehead atoms. The molecule has 0 saturated carbocycles. The van der Waals surface area contributed by atoms with Crippen LogP contribution in [0.2, 0.25) is 20.1 Å². The van der Waals surface area contributed by atoms with Gasteiger partial charge in [0.15, 0.2) is 18.6 Å². The van der Waals surface area contributed by atoms with E-state index >= 15 is 0 Å². The lowest BCUT2D eigenvalue weighted by Crippen LogP contribution is -2.39. The third-order valence-electron chi connectivity index (χ3n) is 9.25. The first-order chi connectivity index (χ1) is 29.1. The number of halogens is 4. The summed E-state index contributed by atoms with van der Waals surface area (Å²) in [6.45, 7) is 1.46. The predicted octanol–water partition coefficient (Wildman–Crippen LogP) is 9.16. The molecule has 60 heavy (non-hydrogen) atoms. The fourth-order valence-electron chi connectivity index (χ4n) is 6.30. The number of aromatic nitrogens is 4. The van der Waals surface area contributed by atoms with Gasteiger partial charge >= 0.3 is 0 Å². The van der Waals surface area contributed by atoms with E-state index in [1.807, 2.05) is 55.1 Å². The maximum atomic E-state index is 12.9. The van der Waals surface area contributed by atoms with Crippen LogP contribution in [0.3, 0.4) is 0 Å². The van der Waals surface area contributed by atoms with E-state index in [9.17, 15) is 9.59 Å². The molecule has 0 atom stereocenters. The molecular formula is C41H30Cl4N10O4S. The molecule has 2 amide bonds. The second-order valence-electron chi connectivity index (χ2n) is 13.1. The number of fused-ring (bicyclic) bond motifs is 4. The first-order valence-corrected chi connectivity index (χ1v) is 20.6. The number of nitrogens with one attached hydrogen (secondary N) is 1. The van der Waals surface area contributed by atoms with Crippen LogP contribution in [0, 0.1) is 0 Å². The molecule has 6 aromatic rings. The lowest BCUT2D eigenvalue weighted by Gasteiger charge is -2.29. The second kappa shape index (κ2) is 17.7. The van der Waals surface area contributed by atoms with Gasteiger partial charge in [0.05, 0.1) is 44.6 Å². The SMILES string of the molecule is CSc1ncc2c(n1)OCN(c1c(Cl)cccc1Cl)C2=O.Nc1ccc2c(c1)C=NC2.O=C1c2cnc(Nc3ccc4c(c3)C=NC4)nc2OCN1c1c(Cl)cccc1Cl. The fourth-order valence-corrected chi connectivity index (χ4v) is 7.84. The predicted molar refractivity (Wildman–Crippen MR) is 237 cm³/mol.